The van der Waals surface area contributed by atoms with Gasteiger partial charge in [0, 0.05) is 19.8 Å². The zero-order valence-electron chi connectivity index (χ0n) is 16.4. The number of anilines is 1. The summed E-state index contributed by atoms with van der Waals surface area (Å²) in [5.74, 6) is 0. The van der Waals surface area contributed by atoms with Crippen LogP contribution in [0, 0.1) is 13.8 Å². The smallest absolute Gasteiger partial charge is 0.0390 e. The van der Waals surface area contributed by atoms with E-state index in [9.17, 15) is 0 Å². The Morgan fingerprint density at radius 1 is 0.800 bits per heavy atom. The molecule has 1 nitrogen and oxygen atoms in total. The summed E-state index contributed by atoms with van der Waals surface area (Å²) in [6.45, 7) is 20.5. The number of hydrogen-bond acceptors (Lipinski definition) is 1. The number of nitrogens with zero attached hydrogens (tertiary/aromatic N) is 1. The molecular formula is C19H41N. The molecule has 0 bridgehead atoms. The minimum atomic E-state index is 1.25. The highest BCUT2D eigenvalue weighted by Crippen LogP contribution is 2.17. The Labute approximate surface area is 130 Å². The lowest BCUT2D eigenvalue weighted by molar-refractivity contribution is 1.09. The monoisotopic (exact) mass is 283 g/mol. The van der Waals surface area contributed by atoms with E-state index < -0.39 is 0 Å². The summed E-state index contributed by atoms with van der Waals surface area (Å²) in [4.78, 5) is 2.13. The third kappa shape index (κ3) is 17.0. The highest BCUT2D eigenvalue weighted by Gasteiger charge is 1.98. The van der Waals surface area contributed by atoms with Gasteiger partial charge < -0.3 is 4.90 Å². The van der Waals surface area contributed by atoms with Gasteiger partial charge in [0.05, 0.1) is 0 Å². The molecule has 0 aromatic heterocycles. The van der Waals surface area contributed by atoms with Crippen LogP contribution in [0.2, 0.25) is 0 Å². The van der Waals surface area contributed by atoms with E-state index in [4.69, 9.17) is 0 Å². The van der Waals surface area contributed by atoms with Gasteiger partial charge in [-0.05, 0) is 25.5 Å². The molecule has 0 aliphatic carbocycles. The molecule has 0 saturated heterocycles. The topological polar surface area (TPSA) is 3.24 Å². The van der Waals surface area contributed by atoms with E-state index in [1.165, 1.54) is 23.2 Å². The molecule has 0 heterocycles. The molecule has 1 aromatic rings. The van der Waals surface area contributed by atoms with E-state index >= 15 is 0 Å². The van der Waals surface area contributed by atoms with Crippen LogP contribution < -0.4 is 4.90 Å². The summed E-state index contributed by atoms with van der Waals surface area (Å²) < 4.78 is 0. The molecular weight excluding hydrogens is 242 g/mol. The van der Waals surface area contributed by atoms with Crippen molar-refractivity contribution in [1.82, 2.24) is 0 Å². The van der Waals surface area contributed by atoms with Crippen molar-refractivity contribution in [2.45, 2.75) is 75.7 Å². The van der Waals surface area contributed by atoms with Gasteiger partial charge in [-0.2, -0.15) is 0 Å². The van der Waals surface area contributed by atoms with E-state index in [0.717, 1.165) is 0 Å². The van der Waals surface area contributed by atoms with E-state index in [2.05, 4.69) is 64.9 Å². The lowest BCUT2D eigenvalue weighted by Crippen LogP contribution is -2.09. The summed E-state index contributed by atoms with van der Waals surface area (Å²) in [7, 11) is 4.13. The minimum absolute atomic E-state index is 1.25. The first-order chi connectivity index (χ1) is 9.52. The van der Waals surface area contributed by atoms with E-state index in [1.807, 2.05) is 41.5 Å². The predicted molar refractivity (Wildman–Crippen MR) is 100 cm³/mol. The van der Waals surface area contributed by atoms with Crippen LogP contribution in [0.15, 0.2) is 18.2 Å². The van der Waals surface area contributed by atoms with Gasteiger partial charge in [-0.3, -0.25) is 0 Å². The van der Waals surface area contributed by atoms with Gasteiger partial charge in [-0.25, -0.2) is 0 Å². The van der Waals surface area contributed by atoms with Crippen LogP contribution in [0.1, 0.15) is 72.9 Å². The quantitative estimate of drug-likeness (QED) is 0.544. The lowest BCUT2D eigenvalue weighted by atomic mass is 10.1. The molecule has 1 rings (SSSR count). The van der Waals surface area contributed by atoms with Crippen molar-refractivity contribution in [1.29, 1.82) is 0 Å². The van der Waals surface area contributed by atoms with Gasteiger partial charge in [0.15, 0.2) is 0 Å². The second-order valence-corrected chi connectivity index (χ2v) is 3.89. The van der Waals surface area contributed by atoms with Crippen LogP contribution in [0.25, 0.3) is 0 Å². The molecule has 20 heavy (non-hydrogen) atoms. The summed E-state index contributed by atoms with van der Waals surface area (Å²) in [6, 6.07) is 6.50. The predicted octanol–water partition coefficient (Wildman–Crippen LogP) is 6.86. The van der Waals surface area contributed by atoms with Crippen molar-refractivity contribution in [2.24, 2.45) is 0 Å². The average Bonchev–Trinajstić information content (AvgIpc) is 2.46. The average molecular weight is 284 g/mol. The van der Waals surface area contributed by atoms with Crippen molar-refractivity contribution < 1.29 is 0 Å². The summed E-state index contributed by atoms with van der Waals surface area (Å²) in [6.07, 6.45) is 1.25. The third-order valence-electron chi connectivity index (χ3n) is 1.83. The minimum Gasteiger partial charge on any atom is -0.377 e. The second kappa shape index (κ2) is 23.1. The Hall–Kier alpha value is -0.980. The van der Waals surface area contributed by atoms with Crippen molar-refractivity contribution >= 4 is 5.69 Å². The van der Waals surface area contributed by atoms with Gasteiger partial charge in [0.1, 0.15) is 0 Å². The van der Waals surface area contributed by atoms with E-state index in [-0.39, 0.29) is 0 Å². The molecule has 0 fully saturated rings. The summed E-state index contributed by atoms with van der Waals surface area (Å²) >= 11 is 0. The molecule has 0 amide bonds. The Morgan fingerprint density at radius 2 is 1.15 bits per heavy atom. The molecule has 0 radical (unpaired) electrons. The molecule has 0 spiro atoms. The number of benzene rings is 1. The van der Waals surface area contributed by atoms with Crippen molar-refractivity contribution in [2.75, 3.05) is 19.0 Å². The highest BCUT2D eigenvalue weighted by molar-refractivity contribution is 5.52. The largest absolute Gasteiger partial charge is 0.377 e. The standard InChI is InChI=1S/C10H15N.C3H8.3C2H6/c1-8-5-6-10(11(3)4)9(2)7-8;1-3-2;3*1-2/h5-7H,1-4H3;3H2,1-2H3;3*1-2H3. The van der Waals surface area contributed by atoms with Gasteiger partial charge in [-0.15, -0.1) is 0 Å². The SMILES string of the molecule is CC.CC.CC.CCC.Cc1ccc(N(C)C)c(C)c1. The zero-order valence-corrected chi connectivity index (χ0v) is 16.4. The maximum absolute atomic E-state index is 2.20. The highest BCUT2D eigenvalue weighted by atomic mass is 15.1. The Bertz CT molecular complexity index is 264. The lowest BCUT2D eigenvalue weighted by Gasteiger charge is -2.15. The molecule has 0 N–H and O–H groups in total. The van der Waals surface area contributed by atoms with Gasteiger partial charge >= 0.3 is 0 Å². The zero-order chi connectivity index (χ0) is 17.1. The number of aryl methyl sites for hydroxylation is 2. The van der Waals surface area contributed by atoms with E-state index in [0.29, 0.717) is 0 Å². The summed E-state index contributed by atoms with van der Waals surface area (Å²) in [5.41, 5.74) is 3.97. The van der Waals surface area contributed by atoms with E-state index in [1.54, 1.807) is 0 Å². The van der Waals surface area contributed by atoms with Crippen LogP contribution >= 0.6 is 0 Å². The molecule has 122 valence electrons. The van der Waals surface area contributed by atoms with Crippen molar-refractivity contribution in [3.8, 4) is 0 Å². The van der Waals surface area contributed by atoms with Crippen LogP contribution in [0.5, 0.6) is 0 Å². The number of hydrogen-bond donors (Lipinski definition) is 0. The third-order valence-corrected chi connectivity index (χ3v) is 1.83. The van der Waals surface area contributed by atoms with Crippen LogP contribution in [-0.2, 0) is 0 Å². The van der Waals surface area contributed by atoms with Crippen molar-refractivity contribution in [3.63, 3.8) is 0 Å². The molecule has 0 atom stereocenters. The fourth-order valence-corrected chi connectivity index (χ4v) is 1.31. The van der Waals surface area contributed by atoms with Crippen LogP contribution in [-0.4, -0.2) is 14.1 Å². The van der Waals surface area contributed by atoms with Gasteiger partial charge in [0.2, 0.25) is 0 Å². The van der Waals surface area contributed by atoms with Gasteiger partial charge in [0.25, 0.3) is 0 Å². The molecule has 0 aliphatic heterocycles. The first-order valence-electron chi connectivity index (χ1n) is 8.27. The first kappa shape index (κ1) is 27.4. The maximum Gasteiger partial charge on any atom is 0.0390 e. The van der Waals surface area contributed by atoms with Crippen molar-refractivity contribution in [3.05, 3.63) is 29.3 Å². The summed E-state index contributed by atoms with van der Waals surface area (Å²) in [5, 5.41) is 0. The molecule has 0 aliphatic rings. The Morgan fingerprint density at radius 3 is 1.40 bits per heavy atom. The molecule has 0 saturated carbocycles. The molecule has 0 unspecified atom stereocenters. The van der Waals surface area contributed by atoms with Crippen LogP contribution in [0.3, 0.4) is 0 Å². The first-order valence-corrected chi connectivity index (χ1v) is 8.27. The Balaban J connectivity index is -0.000000121. The fourth-order valence-electron chi connectivity index (χ4n) is 1.31. The Kier molecular flexibility index (Phi) is 31.7. The van der Waals surface area contributed by atoms with Gasteiger partial charge in [-0.1, -0.05) is 79.5 Å². The molecule has 1 aromatic carbocycles. The second-order valence-electron chi connectivity index (χ2n) is 3.89. The fraction of sp³-hybridized carbons (Fsp3) is 0.684. The maximum atomic E-state index is 2.20. The number of rotatable bonds is 1. The molecule has 1 heteroatoms. The van der Waals surface area contributed by atoms with Crippen LogP contribution in [0.4, 0.5) is 5.69 Å². The normalized spacial score (nSPS) is 7.20.